The van der Waals surface area contributed by atoms with E-state index >= 15 is 0 Å². The van der Waals surface area contributed by atoms with Crippen LogP contribution in [0.25, 0.3) is 12.2 Å². The van der Waals surface area contributed by atoms with E-state index in [-0.39, 0.29) is 50.7 Å². The Morgan fingerprint density at radius 3 is 0.792 bits per heavy atom. The second-order valence-electron chi connectivity index (χ2n) is 14.6. The predicted octanol–water partition coefficient (Wildman–Crippen LogP) is 8.05. The SMILES string of the molecule is CC[Si](CC)(CC)Oc1cc2c(cc1O[Si](CC)(CC)CC)CC=C2.CC[Si](CC)(CC)Oc1cc2c(cc1O[Si](CC)(CC)CC)CC=C2.[Cl-].[Cl-].[Hf+2]. The van der Waals surface area contributed by atoms with E-state index in [1.165, 1.54) is 22.3 Å². The smallest absolute Gasteiger partial charge is 1.00 e. The Morgan fingerprint density at radius 1 is 0.377 bits per heavy atom. The molecule has 0 spiro atoms. The van der Waals surface area contributed by atoms with Gasteiger partial charge in [-0.05, 0) is 132 Å². The number of hydrogen-bond acceptors (Lipinski definition) is 4. The minimum Gasteiger partial charge on any atom is -1.00 e. The summed E-state index contributed by atoms with van der Waals surface area (Å²) >= 11 is 0. The minimum atomic E-state index is -1.72. The van der Waals surface area contributed by atoms with Crippen molar-refractivity contribution in [3.8, 4) is 23.0 Å². The molecule has 0 N–H and O–H groups in total. The zero-order valence-corrected chi connectivity index (χ0v) is 44.5. The summed E-state index contributed by atoms with van der Waals surface area (Å²) in [5, 5.41) is 0. The molecule has 0 radical (unpaired) electrons. The van der Waals surface area contributed by atoms with Gasteiger partial charge in [0.05, 0.1) is 0 Å². The number of benzene rings is 2. The molecule has 0 unspecified atom stereocenters. The molecule has 2 aliphatic carbocycles. The topological polar surface area (TPSA) is 36.9 Å². The van der Waals surface area contributed by atoms with Gasteiger partial charge in [0.15, 0.2) is 0 Å². The van der Waals surface area contributed by atoms with Crippen LogP contribution in [0.3, 0.4) is 0 Å². The fourth-order valence-corrected chi connectivity index (χ4v) is 17.9. The number of fused-ring (bicyclic) bond motifs is 2. The van der Waals surface area contributed by atoms with Gasteiger partial charge in [-0.1, -0.05) is 107 Å². The van der Waals surface area contributed by atoms with Crippen LogP contribution in [0.4, 0.5) is 0 Å². The van der Waals surface area contributed by atoms with E-state index in [0.29, 0.717) is 0 Å². The molecule has 2 aliphatic rings. The van der Waals surface area contributed by atoms with Crippen LogP contribution in [0.2, 0.25) is 72.5 Å². The molecule has 4 rings (SSSR count). The van der Waals surface area contributed by atoms with Gasteiger partial charge in [-0.3, -0.25) is 0 Å². The van der Waals surface area contributed by atoms with Gasteiger partial charge in [-0.2, -0.15) is 0 Å². The maximum Gasteiger partial charge on any atom is 2.00 e. The van der Waals surface area contributed by atoms with E-state index < -0.39 is 33.3 Å². The van der Waals surface area contributed by atoms with E-state index in [9.17, 15) is 0 Å². The van der Waals surface area contributed by atoms with Gasteiger partial charge in [-0.25, -0.2) is 0 Å². The van der Waals surface area contributed by atoms with Crippen LogP contribution < -0.4 is 42.5 Å². The fourth-order valence-electron chi connectivity index (χ4n) is 7.64. The van der Waals surface area contributed by atoms with Crippen LogP contribution in [0, 0.1) is 0 Å². The van der Waals surface area contributed by atoms with E-state index in [1.807, 2.05) is 0 Å². The molecular formula is C42H72Cl2HfO4Si4. The summed E-state index contributed by atoms with van der Waals surface area (Å²) in [7, 11) is -6.86. The second kappa shape index (κ2) is 24.3. The average Bonchev–Trinajstić information content (AvgIpc) is 3.83. The Kier molecular flexibility index (Phi) is 24.0. The third-order valence-corrected chi connectivity index (χ3v) is 30.8. The quantitative estimate of drug-likeness (QED) is 0.126. The monoisotopic (exact) mass is 1000 g/mol. The van der Waals surface area contributed by atoms with Crippen molar-refractivity contribution in [2.24, 2.45) is 0 Å². The van der Waals surface area contributed by atoms with Crippen molar-refractivity contribution in [3.05, 3.63) is 58.7 Å². The summed E-state index contributed by atoms with van der Waals surface area (Å²) in [6.07, 6.45) is 11.0. The van der Waals surface area contributed by atoms with Crippen molar-refractivity contribution in [2.45, 2.75) is 168 Å². The standard InChI is InChI=1S/2C21H36O2Si2.2ClH.Hf/c2*1-7-24(8-2,9-3)22-20-16-18-14-13-15-19(18)17-21(20)23-25(10-4,11-5)12-6;;;/h2*13-14,16-17H,7-12,15H2,1-6H3;2*1H;/q;;;;+2/p-2. The maximum atomic E-state index is 6.79. The molecule has 0 atom stereocenters. The van der Waals surface area contributed by atoms with E-state index in [0.717, 1.165) is 108 Å². The zero-order valence-electron chi connectivity index (χ0n) is 35.4. The summed E-state index contributed by atoms with van der Waals surface area (Å²) in [5.74, 6) is 4.06. The molecule has 2 aromatic carbocycles. The first kappa shape index (κ1) is 52.4. The molecular weight excluding hydrogens is 930 g/mol. The van der Waals surface area contributed by atoms with E-state index in [2.05, 4.69) is 132 Å². The van der Waals surface area contributed by atoms with Gasteiger partial charge >= 0.3 is 25.8 Å². The van der Waals surface area contributed by atoms with Gasteiger partial charge in [0.2, 0.25) is 0 Å². The van der Waals surface area contributed by atoms with Crippen molar-refractivity contribution in [3.63, 3.8) is 0 Å². The van der Waals surface area contributed by atoms with Gasteiger partial charge in [-0.15, -0.1) is 0 Å². The van der Waals surface area contributed by atoms with Crippen molar-refractivity contribution in [1.29, 1.82) is 0 Å². The van der Waals surface area contributed by atoms with Gasteiger partial charge < -0.3 is 42.5 Å². The summed E-state index contributed by atoms with van der Waals surface area (Å²) in [4.78, 5) is 0. The molecule has 2 aromatic rings. The van der Waals surface area contributed by atoms with Crippen LogP contribution in [0.5, 0.6) is 23.0 Å². The van der Waals surface area contributed by atoms with Crippen LogP contribution >= 0.6 is 0 Å². The first-order chi connectivity index (χ1) is 24.0. The minimum absolute atomic E-state index is 0. The molecule has 0 saturated carbocycles. The molecule has 0 saturated heterocycles. The zero-order chi connectivity index (χ0) is 37.0. The number of rotatable bonds is 20. The third kappa shape index (κ3) is 12.7. The Bertz CT molecular complexity index is 1300. The van der Waals surface area contributed by atoms with Crippen LogP contribution in [0.1, 0.15) is 105 Å². The summed E-state index contributed by atoms with van der Waals surface area (Å²) < 4.78 is 27.2. The van der Waals surface area contributed by atoms with Crippen molar-refractivity contribution in [1.82, 2.24) is 0 Å². The molecule has 298 valence electrons. The fraction of sp³-hybridized carbons (Fsp3) is 0.619. The molecule has 0 amide bonds. The summed E-state index contributed by atoms with van der Waals surface area (Å²) in [6, 6.07) is 22.9. The number of hydrogen-bond donors (Lipinski definition) is 0. The molecule has 0 aliphatic heterocycles. The average molecular weight is 1000 g/mol. The predicted molar refractivity (Wildman–Crippen MR) is 230 cm³/mol. The number of allylic oxidation sites excluding steroid dienone is 2. The first-order valence-corrected chi connectivity index (χ1v) is 30.6. The molecule has 0 fully saturated rings. The number of halogens is 2. The third-order valence-electron chi connectivity index (χ3n) is 12.7. The Hall–Kier alpha value is -0.562. The van der Waals surface area contributed by atoms with Gasteiger partial charge in [0, 0.05) is 0 Å². The molecule has 0 aromatic heterocycles. The van der Waals surface area contributed by atoms with Crippen LogP contribution in [-0.4, -0.2) is 33.3 Å². The Balaban J connectivity index is 0.000000966. The van der Waals surface area contributed by atoms with Gasteiger partial charge in [0.1, 0.15) is 23.0 Å². The Morgan fingerprint density at radius 2 is 0.585 bits per heavy atom. The first-order valence-electron chi connectivity index (χ1n) is 20.4. The van der Waals surface area contributed by atoms with Crippen LogP contribution in [-0.2, 0) is 38.7 Å². The van der Waals surface area contributed by atoms with E-state index in [1.54, 1.807) is 0 Å². The van der Waals surface area contributed by atoms with Gasteiger partial charge in [0.25, 0.3) is 33.3 Å². The van der Waals surface area contributed by atoms with Crippen molar-refractivity contribution in [2.75, 3.05) is 0 Å². The molecule has 0 heterocycles. The molecule has 11 heteroatoms. The van der Waals surface area contributed by atoms with Crippen molar-refractivity contribution >= 4 is 45.4 Å². The molecule has 53 heavy (non-hydrogen) atoms. The molecule has 0 bridgehead atoms. The normalized spacial score (nSPS) is 13.1. The second-order valence-corrected chi connectivity index (χ2v) is 33.4. The summed E-state index contributed by atoms with van der Waals surface area (Å²) in [6.45, 7) is 27.5. The van der Waals surface area contributed by atoms with Crippen molar-refractivity contribution < 1.29 is 68.4 Å². The summed E-state index contributed by atoms with van der Waals surface area (Å²) in [5.41, 5.74) is 5.38. The maximum absolute atomic E-state index is 6.79. The van der Waals surface area contributed by atoms with E-state index in [4.69, 9.17) is 17.7 Å². The largest absolute Gasteiger partial charge is 2.00 e. The Labute approximate surface area is 361 Å². The molecule has 4 nitrogen and oxygen atoms in total. The van der Waals surface area contributed by atoms with Crippen LogP contribution in [0.15, 0.2) is 36.4 Å².